The second-order valence-electron chi connectivity index (χ2n) is 2.24. The second-order valence-corrected chi connectivity index (χ2v) is 2.68. The number of ether oxygens (including phenoxy) is 2. The van der Waals surface area contributed by atoms with Gasteiger partial charge in [0.15, 0.2) is 5.11 Å². The minimum Gasteiger partial charge on any atom is -0.394 e. The topological polar surface area (TPSA) is 76.7 Å². The van der Waals surface area contributed by atoms with Crippen LogP contribution in [0.1, 0.15) is 0 Å². The largest absolute Gasteiger partial charge is 0.394 e. The van der Waals surface area contributed by atoms with Crippen molar-refractivity contribution in [3.8, 4) is 0 Å². The fourth-order valence-corrected chi connectivity index (χ4v) is 0.735. The van der Waals surface area contributed by atoms with Gasteiger partial charge in [-0.1, -0.05) is 0 Å². The van der Waals surface area contributed by atoms with Crippen LogP contribution in [-0.4, -0.2) is 49.8 Å². The summed E-state index contributed by atoms with van der Waals surface area (Å²) in [5.74, 6) is 0. The number of hydrogen-bond acceptors (Lipinski definition) is 4. The molecule has 4 N–H and O–H groups in total. The summed E-state index contributed by atoms with van der Waals surface area (Å²) in [6, 6.07) is 0. The van der Waals surface area contributed by atoms with Gasteiger partial charge in [-0.3, -0.25) is 0 Å². The van der Waals surface area contributed by atoms with Crippen molar-refractivity contribution in [2.24, 2.45) is 5.73 Å². The first-order valence-corrected chi connectivity index (χ1v) is 4.48. The summed E-state index contributed by atoms with van der Waals surface area (Å²) in [5.41, 5.74) is 5.19. The van der Waals surface area contributed by atoms with Gasteiger partial charge >= 0.3 is 0 Å². The highest BCUT2D eigenvalue weighted by Crippen LogP contribution is 1.77. The van der Waals surface area contributed by atoms with Gasteiger partial charge < -0.3 is 25.6 Å². The molecule has 0 aliphatic rings. The van der Waals surface area contributed by atoms with E-state index in [1.165, 1.54) is 0 Å². The van der Waals surface area contributed by atoms with E-state index >= 15 is 0 Å². The summed E-state index contributed by atoms with van der Waals surface area (Å²) >= 11 is 4.59. The van der Waals surface area contributed by atoms with Gasteiger partial charge in [0.05, 0.1) is 33.0 Å². The zero-order valence-electron chi connectivity index (χ0n) is 7.49. The molecule has 0 radical (unpaired) electrons. The molecule has 0 aromatic rings. The van der Waals surface area contributed by atoms with Crippen molar-refractivity contribution >= 4 is 17.3 Å². The van der Waals surface area contributed by atoms with Crippen LogP contribution in [0.15, 0.2) is 0 Å². The summed E-state index contributed by atoms with van der Waals surface area (Å²) < 4.78 is 10.1. The summed E-state index contributed by atoms with van der Waals surface area (Å²) in [5, 5.41) is 11.4. The lowest BCUT2D eigenvalue weighted by Gasteiger charge is -2.05. The lowest BCUT2D eigenvalue weighted by molar-refractivity contribution is 0.0347. The van der Waals surface area contributed by atoms with Crippen LogP contribution in [0.4, 0.5) is 0 Å². The standard InChI is InChI=1S/C7H16N2O3S/c8-7(13)9-1-3-11-5-6-12-4-2-10/h10H,1-6H2,(H3,8,9,13). The molecule has 0 aromatic carbocycles. The quantitative estimate of drug-likeness (QED) is 0.345. The highest BCUT2D eigenvalue weighted by molar-refractivity contribution is 7.80. The molecular formula is C7H16N2O3S. The van der Waals surface area contributed by atoms with Crippen LogP contribution in [0.2, 0.25) is 0 Å². The smallest absolute Gasteiger partial charge is 0.163 e. The molecule has 0 heterocycles. The molecule has 0 fully saturated rings. The Morgan fingerprint density at radius 3 is 2.38 bits per heavy atom. The summed E-state index contributed by atoms with van der Waals surface area (Å²) in [6.45, 7) is 2.55. The first kappa shape index (κ1) is 12.6. The molecule has 0 unspecified atom stereocenters. The molecule has 0 spiro atoms. The number of aliphatic hydroxyl groups excluding tert-OH is 1. The van der Waals surface area contributed by atoms with Gasteiger partial charge in [-0.05, 0) is 12.2 Å². The zero-order valence-corrected chi connectivity index (χ0v) is 8.31. The average molecular weight is 208 g/mol. The van der Waals surface area contributed by atoms with Gasteiger partial charge in [0.25, 0.3) is 0 Å². The number of thiocarbonyl (C=S) groups is 1. The Balaban J connectivity index is 2.87. The fraction of sp³-hybridized carbons (Fsp3) is 0.857. The van der Waals surface area contributed by atoms with E-state index in [9.17, 15) is 0 Å². The molecular weight excluding hydrogens is 192 g/mol. The van der Waals surface area contributed by atoms with E-state index in [-0.39, 0.29) is 11.7 Å². The molecule has 0 saturated heterocycles. The number of nitrogens with two attached hydrogens (primary N) is 1. The summed E-state index contributed by atoms with van der Waals surface area (Å²) in [6.07, 6.45) is 0. The lowest BCUT2D eigenvalue weighted by Crippen LogP contribution is -2.32. The van der Waals surface area contributed by atoms with Crippen LogP contribution in [0, 0.1) is 0 Å². The van der Waals surface area contributed by atoms with Crippen LogP contribution in [0.25, 0.3) is 0 Å². The molecule has 5 nitrogen and oxygen atoms in total. The van der Waals surface area contributed by atoms with Gasteiger partial charge in [-0.25, -0.2) is 0 Å². The predicted octanol–water partition coefficient (Wildman–Crippen LogP) is -1.15. The average Bonchev–Trinajstić information content (AvgIpc) is 2.09. The van der Waals surface area contributed by atoms with Crippen molar-refractivity contribution in [3.05, 3.63) is 0 Å². The van der Waals surface area contributed by atoms with Crippen molar-refractivity contribution in [2.45, 2.75) is 0 Å². The van der Waals surface area contributed by atoms with Gasteiger partial charge in [-0.15, -0.1) is 0 Å². The molecule has 78 valence electrons. The molecule has 0 aliphatic heterocycles. The predicted molar refractivity (Wildman–Crippen MR) is 53.5 cm³/mol. The normalized spacial score (nSPS) is 9.92. The molecule has 0 aromatic heterocycles. The van der Waals surface area contributed by atoms with E-state index in [0.717, 1.165) is 0 Å². The van der Waals surface area contributed by atoms with Crippen molar-refractivity contribution in [1.29, 1.82) is 0 Å². The fourth-order valence-electron chi connectivity index (χ4n) is 0.633. The number of aliphatic hydroxyl groups is 1. The lowest BCUT2D eigenvalue weighted by atomic mass is 10.6. The molecule has 0 amide bonds. The van der Waals surface area contributed by atoms with Crippen molar-refractivity contribution < 1.29 is 14.6 Å². The van der Waals surface area contributed by atoms with Crippen molar-refractivity contribution in [1.82, 2.24) is 5.32 Å². The Labute approximate surface area is 83.2 Å². The third kappa shape index (κ3) is 11.6. The molecule has 13 heavy (non-hydrogen) atoms. The van der Waals surface area contributed by atoms with Crippen LogP contribution in [0.3, 0.4) is 0 Å². The Hall–Kier alpha value is -0.430. The first-order chi connectivity index (χ1) is 6.27. The SMILES string of the molecule is NC(=S)NCCOCCOCCO. The van der Waals surface area contributed by atoms with E-state index in [0.29, 0.717) is 33.0 Å². The zero-order chi connectivity index (χ0) is 9.94. The van der Waals surface area contributed by atoms with Gasteiger partial charge in [0.2, 0.25) is 0 Å². The van der Waals surface area contributed by atoms with Crippen molar-refractivity contribution in [2.75, 3.05) is 39.6 Å². The van der Waals surface area contributed by atoms with Crippen LogP contribution >= 0.6 is 12.2 Å². The molecule has 0 atom stereocenters. The van der Waals surface area contributed by atoms with Gasteiger partial charge in [-0.2, -0.15) is 0 Å². The third-order valence-corrected chi connectivity index (χ3v) is 1.30. The Bertz CT molecular complexity index is 135. The van der Waals surface area contributed by atoms with E-state index in [1.807, 2.05) is 0 Å². The van der Waals surface area contributed by atoms with Crippen LogP contribution in [0.5, 0.6) is 0 Å². The number of rotatable bonds is 8. The Morgan fingerprint density at radius 2 is 1.85 bits per heavy atom. The highest BCUT2D eigenvalue weighted by Gasteiger charge is 1.90. The summed E-state index contributed by atoms with van der Waals surface area (Å²) in [7, 11) is 0. The molecule has 0 aliphatic carbocycles. The maximum atomic E-state index is 8.36. The van der Waals surface area contributed by atoms with Crippen LogP contribution < -0.4 is 11.1 Å². The van der Waals surface area contributed by atoms with E-state index in [2.05, 4.69) is 17.5 Å². The van der Waals surface area contributed by atoms with E-state index in [4.69, 9.17) is 20.3 Å². The Morgan fingerprint density at radius 1 is 1.23 bits per heavy atom. The van der Waals surface area contributed by atoms with Gasteiger partial charge in [0.1, 0.15) is 0 Å². The van der Waals surface area contributed by atoms with Crippen LogP contribution in [-0.2, 0) is 9.47 Å². The maximum Gasteiger partial charge on any atom is 0.163 e. The van der Waals surface area contributed by atoms with E-state index in [1.54, 1.807) is 0 Å². The molecule has 0 bridgehead atoms. The first-order valence-electron chi connectivity index (χ1n) is 4.07. The van der Waals surface area contributed by atoms with E-state index < -0.39 is 0 Å². The minimum atomic E-state index is 0.0446. The highest BCUT2D eigenvalue weighted by atomic mass is 32.1. The molecule has 0 rings (SSSR count). The van der Waals surface area contributed by atoms with Gasteiger partial charge in [0, 0.05) is 6.54 Å². The minimum absolute atomic E-state index is 0.0446. The second kappa shape index (κ2) is 9.66. The van der Waals surface area contributed by atoms with Crippen molar-refractivity contribution in [3.63, 3.8) is 0 Å². The number of nitrogens with one attached hydrogen (secondary N) is 1. The monoisotopic (exact) mass is 208 g/mol. The maximum absolute atomic E-state index is 8.36. The molecule has 0 saturated carbocycles. The molecule has 6 heteroatoms. The summed E-state index contributed by atoms with van der Waals surface area (Å²) in [4.78, 5) is 0. The third-order valence-electron chi connectivity index (χ3n) is 1.15. The Kier molecular flexibility index (Phi) is 9.34. The number of hydrogen-bond donors (Lipinski definition) is 3.